The molecule has 0 saturated carbocycles. The fourth-order valence-corrected chi connectivity index (χ4v) is 5.81. The highest BCUT2D eigenvalue weighted by molar-refractivity contribution is 5.96. The predicted octanol–water partition coefficient (Wildman–Crippen LogP) is 1.97. The molecule has 1 aliphatic rings. The zero-order chi connectivity index (χ0) is 35.9. The largest absolute Gasteiger partial charge is 0.507 e. The second-order valence-corrected chi connectivity index (χ2v) is 12.5. The van der Waals surface area contributed by atoms with Crippen LogP contribution in [0.3, 0.4) is 0 Å². The first-order chi connectivity index (χ1) is 22.6. The summed E-state index contributed by atoms with van der Waals surface area (Å²) >= 11 is 0. The third-order valence-electron chi connectivity index (χ3n) is 8.77. The summed E-state index contributed by atoms with van der Waals surface area (Å²) in [6.45, 7) is 6.44. The minimum Gasteiger partial charge on any atom is -0.507 e. The first-order valence-electron chi connectivity index (χ1n) is 16.1. The zero-order valence-electron chi connectivity index (χ0n) is 28.4. The average molecular weight is 666 g/mol. The Hall–Kier alpha value is -4.78. The molecular formula is C35H47N5O8. The molecule has 0 fully saturated rings. The molecule has 0 spiro atoms. The summed E-state index contributed by atoms with van der Waals surface area (Å²) in [7, 11) is 2.88. The second kappa shape index (κ2) is 16.4. The van der Waals surface area contributed by atoms with Gasteiger partial charge in [0.1, 0.15) is 23.6 Å². The van der Waals surface area contributed by atoms with E-state index in [1.165, 1.54) is 55.1 Å². The van der Waals surface area contributed by atoms with Crippen molar-refractivity contribution in [1.82, 2.24) is 20.4 Å². The van der Waals surface area contributed by atoms with Crippen LogP contribution in [-0.4, -0.2) is 94.0 Å². The summed E-state index contributed by atoms with van der Waals surface area (Å²) in [4.78, 5) is 80.6. The van der Waals surface area contributed by atoms with Crippen molar-refractivity contribution in [3.05, 3.63) is 47.5 Å². The van der Waals surface area contributed by atoms with Gasteiger partial charge in [-0.2, -0.15) is 0 Å². The van der Waals surface area contributed by atoms with Gasteiger partial charge in [0.25, 0.3) is 0 Å². The van der Waals surface area contributed by atoms with Crippen LogP contribution in [0.4, 0.5) is 0 Å². The van der Waals surface area contributed by atoms with Crippen molar-refractivity contribution >= 4 is 35.2 Å². The normalized spacial score (nSPS) is 19.3. The van der Waals surface area contributed by atoms with E-state index in [-0.39, 0.29) is 67.1 Å². The number of phenolic OH excluding ortho intramolecular Hbond substituents is 2. The number of likely N-dealkylation sites (N-methyl/N-ethyl adjacent to an activating group) is 2. The lowest BCUT2D eigenvalue weighted by molar-refractivity contribution is -0.140. The van der Waals surface area contributed by atoms with E-state index >= 15 is 0 Å². The lowest BCUT2D eigenvalue weighted by Gasteiger charge is -2.30. The number of ketones is 2. The van der Waals surface area contributed by atoms with E-state index in [4.69, 9.17) is 5.73 Å². The SMILES string of the molecule is CCC(=O)N(C)[C@H](CN)C(=O)N[C@H](C)C(=O)CCC(=O)N(C)[C@@H]1C(=O)C[C@@H](C)C(=O)N[C@H](C)Cc2ccc(O)c(c2)-c2cc1ccc2O. The van der Waals surface area contributed by atoms with Crippen LogP contribution in [0.15, 0.2) is 36.4 Å². The predicted molar refractivity (Wildman–Crippen MR) is 179 cm³/mol. The molecule has 48 heavy (non-hydrogen) atoms. The molecule has 4 bridgehead atoms. The van der Waals surface area contributed by atoms with Gasteiger partial charge >= 0.3 is 0 Å². The van der Waals surface area contributed by atoms with Gasteiger partial charge in [-0.15, -0.1) is 0 Å². The molecule has 1 heterocycles. The van der Waals surface area contributed by atoms with Gasteiger partial charge in [-0.1, -0.05) is 26.0 Å². The Bertz CT molecular complexity index is 1560. The smallest absolute Gasteiger partial charge is 0.244 e. The minimum atomic E-state index is -1.18. The molecule has 13 heteroatoms. The molecule has 0 unspecified atom stereocenters. The number of nitrogens with two attached hydrogens (primary N) is 1. The number of amides is 4. The number of fused-ring (bicyclic) bond motifs is 5. The van der Waals surface area contributed by atoms with E-state index in [0.717, 1.165) is 5.56 Å². The number of aromatic hydroxyl groups is 2. The van der Waals surface area contributed by atoms with E-state index in [0.29, 0.717) is 17.5 Å². The molecule has 5 atom stereocenters. The molecule has 1 aliphatic heterocycles. The van der Waals surface area contributed by atoms with Crippen molar-refractivity contribution in [2.45, 2.75) is 84.0 Å². The first-order valence-corrected chi connectivity index (χ1v) is 16.1. The summed E-state index contributed by atoms with van der Waals surface area (Å²) in [6, 6.07) is 5.95. The van der Waals surface area contributed by atoms with Gasteiger partial charge in [0.2, 0.25) is 23.6 Å². The lowest BCUT2D eigenvalue weighted by atomic mass is 9.90. The summed E-state index contributed by atoms with van der Waals surface area (Å²) < 4.78 is 0. The Kier molecular flexibility index (Phi) is 12.8. The van der Waals surface area contributed by atoms with Gasteiger partial charge in [0, 0.05) is 69.4 Å². The van der Waals surface area contributed by atoms with Crippen LogP contribution in [0.5, 0.6) is 11.5 Å². The minimum absolute atomic E-state index is 0.1000. The van der Waals surface area contributed by atoms with Crippen LogP contribution in [0, 0.1) is 5.92 Å². The molecule has 0 aliphatic carbocycles. The summed E-state index contributed by atoms with van der Waals surface area (Å²) in [5.41, 5.74) is 7.44. The number of nitrogens with one attached hydrogen (secondary N) is 2. The molecule has 13 nitrogen and oxygen atoms in total. The van der Waals surface area contributed by atoms with Crippen molar-refractivity contribution < 1.29 is 39.0 Å². The summed E-state index contributed by atoms with van der Waals surface area (Å²) in [6.07, 6.45) is -0.0899. The van der Waals surface area contributed by atoms with Crippen LogP contribution in [-0.2, 0) is 35.2 Å². The van der Waals surface area contributed by atoms with Crippen molar-refractivity contribution in [3.8, 4) is 22.6 Å². The number of hydrogen-bond donors (Lipinski definition) is 5. The van der Waals surface area contributed by atoms with Gasteiger partial charge in [0.15, 0.2) is 11.6 Å². The number of phenols is 2. The summed E-state index contributed by atoms with van der Waals surface area (Å²) in [5.74, 6) is -3.57. The standard InChI is InChI=1S/C35H47N5O8/c1-7-31(45)39(5)26(18-36)35(48)38-21(4)27(41)12-13-32(46)40(6)33-23-9-11-29(43)25(17-23)24-16-22(8-10-28(24)42)15-20(3)37-34(47)19(2)14-30(33)44/h8-11,16-17,19-21,26,33,42-43H,7,12-15,18,36H2,1-6H3,(H,37,47)(H,38,48)/t19-,20-,21-,26-,33+/m1/s1. The number of nitrogens with zero attached hydrogens (tertiary/aromatic N) is 2. The highest BCUT2D eigenvalue weighted by Crippen LogP contribution is 2.39. The fourth-order valence-electron chi connectivity index (χ4n) is 5.81. The number of benzene rings is 2. The van der Waals surface area contributed by atoms with Crippen molar-refractivity contribution in [1.29, 1.82) is 0 Å². The molecule has 2 aromatic rings. The van der Waals surface area contributed by atoms with Gasteiger partial charge in [0.05, 0.1) is 6.04 Å². The van der Waals surface area contributed by atoms with Crippen molar-refractivity contribution in [3.63, 3.8) is 0 Å². The third-order valence-corrected chi connectivity index (χ3v) is 8.77. The van der Waals surface area contributed by atoms with Crippen LogP contribution in [0.1, 0.15) is 70.5 Å². The fraction of sp³-hybridized carbons (Fsp3) is 0.486. The Balaban J connectivity index is 1.87. The molecule has 2 aromatic carbocycles. The molecule has 3 rings (SSSR count). The van der Waals surface area contributed by atoms with Crippen LogP contribution >= 0.6 is 0 Å². The van der Waals surface area contributed by atoms with Gasteiger partial charge in [-0.25, -0.2) is 0 Å². The van der Waals surface area contributed by atoms with Gasteiger partial charge in [-0.3, -0.25) is 28.8 Å². The number of rotatable bonds is 10. The quantitative estimate of drug-likeness (QED) is 0.252. The third kappa shape index (κ3) is 8.97. The van der Waals surface area contributed by atoms with Crippen molar-refractivity contribution in [2.24, 2.45) is 11.7 Å². The van der Waals surface area contributed by atoms with E-state index in [9.17, 15) is 39.0 Å². The Labute approximate surface area is 280 Å². The first kappa shape index (κ1) is 37.7. The molecule has 6 N–H and O–H groups in total. The number of hydrogen-bond acceptors (Lipinski definition) is 9. The Morgan fingerprint density at radius 1 is 0.958 bits per heavy atom. The zero-order valence-corrected chi connectivity index (χ0v) is 28.4. The monoisotopic (exact) mass is 665 g/mol. The number of carbonyl (C=O) groups excluding carboxylic acids is 6. The average Bonchev–Trinajstić information content (AvgIpc) is 3.04. The topological polar surface area (TPSA) is 199 Å². The highest BCUT2D eigenvalue weighted by atomic mass is 16.3. The van der Waals surface area contributed by atoms with Crippen molar-refractivity contribution in [2.75, 3.05) is 20.6 Å². The Morgan fingerprint density at radius 3 is 2.21 bits per heavy atom. The van der Waals surface area contributed by atoms with E-state index in [1.54, 1.807) is 26.0 Å². The van der Waals surface area contributed by atoms with Crippen LogP contribution < -0.4 is 16.4 Å². The second-order valence-electron chi connectivity index (χ2n) is 12.5. The molecule has 0 radical (unpaired) electrons. The molecule has 260 valence electrons. The molecular weight excluding hydrogens is 618 g/mol. The maximum atomic E-state index is 13.8. The molecule has 0 saturated heterocycles. The van der Waals surface area contributed by atoms with E-state index < -0.39 is 47.4 Å². The lowest BCUT2D eigenvalue weighted by Crippen LogP contribution is -2.54. The number of Topliss-reactive ketones (excluding diaryl/α,β-unsaturated/α-hetero) is 2. The van der Waals surface area contributed by atoms with Crippen LogP contribution in [0.25, 0.3) is 11.1 Å². The van der Waals surface area contributed by atoms with E-state index in [1.807, 2.05) is 6.92 Å². The maximum Gasteiger partial charge on any atom is 0.244 e. The maximum absolute atomic E-state index is 13.8. The molecule has 4 amide bonds. The van der Waals surface area contributed by atoms with Gasteiger partial charge < -0.3 is 36.4 Å². The number of carbonyl (C=O) groups is 6. The van der Waals surface area contributed by atoms with E-state index in [2.05, 4.69) is 10.6 Å². The highest BCUT2D eigenvalue weighted by Gasteiger charge is 2.33. The van der Waals surface area contributed by atoms with Gasteiger partial charge in [-0.05, 0) is 55.7 Å². The molecule has 0 aromatic heterocycles. The summed E-state index contributed by atoms with van der Waals surface area (Å²) in [5, 5.41) is 27.0. The Morgan fingerprint density at radius 2 is 1.58 bits per heavy atom. The van der Waals surface area contributed by atoms with Crippen LogP contribution in [0.2, 0.25) is 0 Å².